The van der Waals surface area contributed by atoms with E-state index in [4.69, 9.17) is 4.74 Å². The number of nitrogens with zero attached hydrogens (tertiary/aromatic N) is 3. The predicted octanol–water partition coefficient (Wildman–Crippen LogP) is 7.30. The average Bonchev–Trinajstić information content (AvgIpc) is 3.14. The van der Waals surface area contributed by atoms with E-state index in [1.807, 2.05) is 0 Å². The standard InChI is InChI=1S/C29H49N3O3/c1-17(2)8-7-9-18(3)21-10-11-22-25-23(13-15-28(21,22)5)29(6)14-12-20(35-19(4)33)16-24(29)27(34)26(25)31-32-30/h17-18,20-27,34H,7-16H2,1-6H3/t18-,20+,21-,22+,23+,24?,25+,26+,27+,28-,29-/m1/s1. The Morgan fingerprint density at radius 2 is 1.74 bits per heavy atom. The van der Waals surface area contributed by atoms with Gasteiger partial charge in [-0.25, -0.2) is 0 Å². The van der Waals surface area contributed by atoms with Crippen molar-refractivity contribution in [3.05, 3.63) is 10.4 Å². The number of esters is 1. The van der Waals surface area contributed by atoms with Crippen molar-refractivity contribution >= 4 is 5.97 Å². The van der Waals surface area contributed by atoms with E-state index in [1.54, 1.807) is 0 Å². The zero-order valence-electron chi connectivity index (χ0n) is 22.9. The zero-order chi connectivity index (χ0) is 25.5. The van der Waals surface area contributed by atoms with Gasteiger partial charge in [0.05, 0.1) is 12.1 Å². The lowest BCUT2D eigenvalue weighted by molar-refractivity contribution is -0.189. The number of azide groups is 1. The van der Waals surface area contributed by atoms with Crippen molar-refractivity contribution in [1.82, 2.24) is 0 Å². The summed E-state index contributed by atoms with van der Waals surface area (Å²) in [6.07, 6.45) is 10.5. The third-order valence-electron chi connectivity index (χ3n) is 11.4. The molecule has 0 saturated heterocycles. The second-order valence-corrected chi connectivity index (χ2v) is 13.6. The minimum absolute atomic E-state index is 0.00447. The lowest BCUT2D eigenvalue weighted by Crippen LogP contribution is -2.63. The number of ether oxygens (including phenoxy) is 1. The molecule has 0 spiro atoms. The Morgan fingerprint density at radius 3 is 2.40 bits per heavy atom. The van der Waals surface area contributed by atoms with Crippen LogP contribution in [0.4, 0.5) is 0 Å². The van der Waals surface area contributed by atoms with Crippen molar-refractivity contribution in [3.63, 3.8) is 0 Å². The van der Waals surface area contributed by atoms with Gasteiger partial charge in [-0.1, -0.05) is 59.0 Å². The minimum Gasteiger partial charge on any atom is -0.463 e. The first-order valence-corrected chi connectivity index (χ1v) is 14.4. The predicted molar refractivity (Wildman–Crippen MR) is 138 cm³/mol. The fraction of sp³-hybridized carbons (Fsp3) is 0.966. The summed E-state index contributed by atoms with van der Waals surface area (Å²) in [7, 11) is 0. The van der Waals surface area contributed by atoms with Crippen molar-refractivity contribution in [3.8, 4) is 0 Å². The maximum absolute atomic E-state index is 11.7. The molecule has 4 saturated carbocycles. The summed E-state index contributed by atoms with van der Waals surface area (Å²) in [6, 6.07) is -0.376. The van der Waals surface area contributed by atoms with Crippen LogP contribution in [0.2, 0.25) is 0 Å². The van der Waals surface area contributed by atoms with Crippen LogP contribution in [0.3, 0.4) is 0 Å². The molecule has 0 aromatic carbocycles. The molecule has 4 aliphatic carbocycles. The molecular formula is C29H49N3O3. The zero-order valence-corrected chi connectivity index (χ0v) is 22.9. The van der Waals surface area contributed by atoms with Gasteiger partial charge in [0.2, 0.25) is 0 Å². The molecule has 1 unspecified atom stereocenters. The maximum Gasteiger partial charge on any atom is 0.302 e. The smallest absolute Gasteiger partial charge is 0.302 e. The van der Waals surface area contributed by atoms with Crippen LogP contribution in [0, 0.1) is 52.3 Å². The van der Waals surface area contributed by atoms with Gasteiger partial charge >= 0.3 is 5.97 Å². The Balaban J connectivity index is 1.59. The first-order chi connectivity index (χ1) is 16.5. The SMILES string of the molecule is CC(=O)O[C@H]1CC[C@@]2(C)C(C1)[C@H](O)[C@@H](N=[N+]=[N-])[C@H]1[C@@H]3CC[C@H]([C@H](C)CCCC(C)C)[C@@]3(C)CC[C@@H]12. The molecular weight excluding hydrogens is 438 g/mol. The molecule has 0 radical (unpaired) electrons. The normalized spacial score (nSPS) is 45.6. The summed E-state index contributed by atoms with van der Waals surface area (Å²) in [4.78, 5) is 14.9. The molecule has 1 N–H and O–H groups in total. The lowest BCUT2D eigenvalue weighted by atomic mass is 9.42. The monoisotopic (exact) mass is 487 g/mol. The summed E-state index contributed by atoms with van der Waals surface area (Å²) in [5, 5.41) is 16.0. The molecule has 0 aliphatic heterocycles. The van der Waals surface area contributed by atoms with Crippen molar-refractivity contribution in [1.29, 1.82) is 0 Å². The Bertz CT molecular complexity index is 826. The Labute approximate surface area is 212 Å². The van der Waals surface area contributed by atoms with Gasteiger partial charge in [-0.05, 0) is 103 Å². The van der Waals surface area contributed by atoms with Crippen molar-refractivity contribution in [2.24, 2.45) is 57.4 Å². The Kier molecular flexibility index (Phi) is 7.84. The highest BCUT2D eigenvalue weighted by Gasteiger charge is 2.65. The average molecular weight is 488 g/mol. The van der Waals surface area contributed by atoms with E-state index >= 15 is 0 Å². The third-order valence-corrected chi connectivity index (χ3v) is 11.4. The molecule has 0 bridgehead atoms. The largest absolute Gasteiger partial charge is 0.463 e. The molecule has 6 heteroatoms. The number of aliphatic hydroxyl groups excluding tert-OH is 1. The summed E-state index contributed by atoms with van der Waals surface area (Å²) in [5.41, 5.74) is 9.79. The number of carbonyl (C=O) groups excluding carboxylic acids is 1. The van der Waals surface area contributed by atoms with Crippen LogP contribution in [0.5, 0.6) is 0 Å². The Hall–Kier alpha value is -1.26. The second kappa shape index (κ2) is 10.2. The van der Waals surface area contributed by atoms with Crippen molar-refractivity contribution < 1.29 is 14.6 Å². The fourth-order valence-corrected chi connectivity index (χ4v) is 9.79. The molecule has 0 amide bonds. The number of fused-ring (bicyclic) bond motifs is 5. The van der Waals surface area contributed by atoms with Crippen LogP contribution >= 0.6 is 0 Å². The maximum atomic E-state index is 11.7. The van der Waals surface area contributed by atoms with Crippen LogP contribution in [-0.2, 0) is 9.53 Å². The number of carbonyl (C=O) groups is 1. The quantitative estimate of drug-likeness (QED) is 0.177. The highest BCUT2D eigenvalue weighted by Crippen LogP contribution is 2.69. The molecule has 35 heavy (non-hydrogen) atoms. The molecule has 4 rings (SSSR count). The Morgan fingerprint density at radius 1 is 1.06 bits per heavy atom. The van der Waals surface area contributed by atoms with E-state index in [2.05, 4.69) is 44.6 Å². The highest BCUT2D eigenvalue weighted by atomic mass is 16.5. The minimum atomic E-state index is -0.666. The van der Waals surface area contributed by atoms with Crippen LogP contribution in [0.1, 0.15) is 106 Å². The number of aliphatic hydroxyl groups is 1. The van der Waals surface area contributed by atoms with Gasteiger partial charge in [0, 0.05) is 11.8 Å². The van der Waals surface area contributed by atoms with Gasteiger partial charge < -0.3 is 9.84 Å². The molecule has 4 fully saturated rings. The van der Waals surface area contributed by atoms with E-state index in [9.17, 15) is 15.4 Å². The number of hydrogen-bond donors (Lipinski definition) is 1. The molecule has 0 aromatic heterocycles. The van der Waals surface area contributed by atoms with Gasteiger partial charge in [-0.15, -0.1) is 0 Å². The van der Waals surface area contributed by atoms with E-state index < -0.39 is 6.10 Å². The number of hydrogen-bond acceptors (Lipinski definition) is 4. The van der Waals surface area contributed by atoms with Crippen molar-refractivity contribution in [2.45, 2.75) is 124 Å². The molecule has 198 valence electrons. The van der Waals surface area contributed by atoms with Crippen molar-refractivity contribution in [2.75, 3.05) is 0 Å². The second-order valence-electron chi connectivity index (χ2n) is 13.6. The molecule has 6 nitrogen and oxygen atoms in total. The van der Waals surface area contributed by atoms with E-state index in [0.29, 0.717) is 24.2 Å². The summed E-state index contributed by atoms with van der Waals surface area (Å²) in [5.74, 6) is 3.17. The van der Waals surface area contributed by atoms with Gasteiger partial charge in [-0.3, -0.25) is 4.79 Å². The van der Waals surface area contributed by atoms with Gasteiger partial charge in [0.1, 0.15) is 6.10 Å². The summed E-state index contributed by atoms with van der Waals surface area (Å²) < 4.78 is 5.58. The van der Waals surface area contributed by atoms with Crippen LogP contribution < -0.4 is 0 Å². The van der Waals surface area contributed by atoms with Gasteiger partial charge in [0.25, 0.3) is 0 Å². The fourth-order valence-electron chi connectivity index (χ4n) is 9.79. The summed E-state index contributed by atoms with van der Waals surface area (Å²) in [6.45, 7) is 13.5. The van der Waals surface area contributed by atoms with Gasteiger partial charge in [0.15, 0.2) is 0 Å². The summed E-state index contributed by atoms with van der Waals surface area (Å²) >= 11 is 0. The van der Waals surface area contributed by atoms with E-state index in [-0.39, 0.29) is 40.8 Å². The van der Waals surface area contributed by atoms with Gasteiger partial charge in [-0.2, -0.15) is 0 Å². The number of rotatable bonds is 7. The first-order valence-electron chi connectivity index (χ1n) is 14.4. The molecule has 11 atom stereocenters. The first kappa shape index (κ1) is 26.8. The topological polar surface area (TPSA) is 95.3 Å². The lowest BCUT2D eigenvalue weighted by Gasteiger charge is -2.64. The molecule has 0 aromatic rings. The molecule has 0 heterocycles. The third kappa shape index (κ3) is 4.75. The highest BCUT2D eigenvalue weighted by molar-refractivity contribution is 5.66. The van der Waals surface area contributed by atoms with E-state index in [0.717, 1.165) is 31.1 Å². The van der Waals surface area contributed by atoms with Crippen LogP contribution in [0.15, 0.2) is 5.11 Å². The van der Waals surface area contributed by atoms with E-state index in [1.165, 1.54) is 45.4 Å². The molecule has 4 aliphatic rings. The van der Waals surface area contributed by atoms with Crippen LogP contribution in [0.25, 0.3) is 10.4 Å². The van der Waals surface area contributed by atoms with Crippen LogP contribution in [-0.4, -0.2) is 29.3 Å².